The first kappa shape index (κ1) is 17.8. The van der Waals surface area contributed by atoms with Crippen molar-refractivity contribution in [2.45, 2.75) is 70.3 Å². The first-order valence-electron chi connectivity index (χ1n) is 10.9. The van der Waals surface area contributed by atoms with Crippen molar-refractivity contribution in [2.75, 3.05) is 18.0 Å². The van der Waals surface area contributed by atoms with E-state index < -0.39 is 0 Å². The van der Waals surface area contributed by atoms with Crippen molar-refractivity contribution in [3.63, 3.8) is 0 Å². The molecule has 6 nitrogen and oxygen atoms in total. The van der Waals surface area contributed by atoms with E-state index in [1.807, 2.05) is 4.57 Å². The second kappa shape index (κ2) is 7.64. The van der Waals surface area contributed by atoms with Crippen molar-refractivity contribution < 1.29 is 0 Å². The maximum Gasteiger partial charge on any atom is 0.253 e. The summed E-state index contributed by atoms with van der Waals surface area (Å²) in [6.07, 6.45) is 14.1. The molecular weight excluding hydrogens is 350 g/mol. The molecule has 1 aliphatic heterocycles. The van der Waals surface area contributed by atoms with Crippen LogP contribution in [-0.4, -0.2) is 32.6 Å². The molecule has 148 valence electrons. The Labute approximate surface area is 166 Å². The van der Waals surface area contributed by atoms with E-state index in [-0.39, 0.29) is 5.56 Å². The van der Waals surface area contributed by atoms with E-state index >= 15 is 0 Å². The molecule has 2 aromatic rings. The van der Waals surface area contributed by atoms with Gasteiger partial charge in [0.1, 0.15) is 12.1 Å². The third-order valence-corrected chi connectivity index (χ3v) is 6.62. The molecule has 0 radical (unpaired) electrons. The van der Waals surface area contributed by atoms with Crippen LogP contribution in [-0.2, 0) is 19.4 Å². The molecule has 0 aromatic carbocycles. The molecule has 6 heteroatoms. The van der Waals surface area contributed by atoms with Crippen molar-refractivity contribution in [3.8, 4) is 0 Å². The number of aryl methyl sites for hydroxylation is 1. The van der Waals surface area contributed by atoms with Crippen molar-refractivity contribution in [1.29, 1.82) is 0 Å². The predicted molar refractivity (Wildman–Crippen MR) is 109 cm³/mol. The second-order valence-electron chi connectivity index (χ2n) is 8.69. The number of anilines is 1. The molecule has 1 saturated heterocycles. The van der Waals surface area contributed by atoms with Gasteiger partial charge < -0.3 is 4.90 Å². The van der Waals surface area contributed by atoms with Gasteiger partial charge in [-0.1, -0.05) is 6.42 Å². The molecule has 0 unspecified atom stereocenters. The lowest BCUT2D eigenvalue weighted by atomic mass is 9.96. The minimum absolute atomic E-state index is 0.112. The summed E-state index contributed by atoms with van der Waals surface area (Å²) in [6.45, 7) is 2.80. The molecule has 2 aliphatic carbocycles. The Balaban J connectivity index is 1.24. The van der Waals surface area contributed by atoms with Gasteiger partial charge in [-0.15, -0.1) is 0 Å². The van der Waals surface area contributed by atoms with Gasteiger partial charge in [-0.3, -0.25) is 9.36 Å². The Hall–Kier alpha value is -2.24. The average molecular weight is 380 g/mol. The van der Waals surface area contributed by atoms with Crippen LogP contribution >= 0.6 is 0 Å². The van der Waals surface area contributed by atoms with Crippen LogP contribution in [0.2, 0.25) is 0 Å². The minimum atomic E-state index is 0.112. The molecule has 1 saturated carbocycles. The molecule has 0 bridgehead atoms. The van der Waals surface area contributed by atoms with Crippen molar-refractivity contribution in [3.05, 3.63) is 46.0 Å². The highest BCUT2D eigenvalue weighted by molar-refractivity contribution is 5.49. The van der Waals surface area contributed by atoms with Gasteiger partial charge in [0, 0.05) is 42.9 Å². The Kier molecular flexibility index (Phi) is 4.87. The topological polar surface area (TPSA) is 63.9 Å². The van der Waals surface area contributed by atoms with Gasteiger partial charge in [0.2, 0.25) is 0 Å². The molecular formula is C22H29N5O. The molecule has 3 aliphatic rings. The largest absolute Gasteiger partial charge is 0.356 e. The summed E-state index contributed by atoms with van der Waals surface area (Å²) in [5.41, 5.74) is 3.74. The summed E-state index contributed by atoms with van der Waals surface area (Å²) in [7, 11) is 0. The number of aromatic nitrogens is 4. The summed E-state index contributed by atoms with van der Waals surface area (Å²) in [6, 6.07) is 1.75. The van der Waals surface area contributed by atoms with Crippen LogP contribution in [0.1, 0.15) is 67.8 Å². The zero-order valence-corrected chi connectivity index (χ0v) is 16.5. The van der Waals surface area contributed by atoms with Crippen molar-refractivity contribution >= 4 is 5.82 Å². The molecule has 0 spiro atoms. The zero-order chi connectivity index (χ0) is 18.9. The third-order valence-electron chi connectivity index (χ3n) is 6.62. The smallest absolute Gasteiger partial charge is 0.253 e. The van der Waals surface area contributed by atoms with E-state index in [0.29, 0.717) is 11.8 Å². The summed E-state index contributed by atoms with van der Waals surface area (Å²) in [4.78, 5) is 28.6. The van der Waals surface area contributed by atoms with Gasteiger partial charge in [0.15, 0.2) is 0 Å². The summed E-state index contributed by atoms with van der Waals surface area (Å²) in [5, 5.41) is 0. The maximum absolute atomic E-state index is 12.4. The van der Waals surface area contributed by atoms with Gasteiger partial charge in [-0.05, 0) is 57.3 Å². The number of piperidine rings is 1. The first-order valence-corrected chi connectivity index (χ1v) is 10.9. The van der Waals surface area contributed by atoms with E-state index in [9.17, 15) is 4.79 Å². The lowest BCUT2D eigenvalue weighted by molar-refractivity contribution is 0.349. The highest BCUT2D eigenvalue weighted by Crippen LogP contribution is 2.38. The van der Waals surface area contributed by atoms with Crippen molar-refractivity contribution in [2.24, 2.45) is 5.92 Å². The first-order chi connectivity index (χ1) is 13.8. The monoisotopic (exact) mass is 379 g/mol. The van der Waals surface area contributed by atoms with Gasteiger partial charge in [0.05, 0.1) is 12.0 Å². The predicted octanol–water partition coefficient (Wildman–Crippen LogP) is 3.10. The van der Waals surface area contributed by atoms with Gasteiger partial charge in [0.25, 0.3) is 5.56 Å². The zero-order valence-electron chi connectivity index (χ0n) is 16.5. The normalized spacial score (nSPS) is 20.6. The Bertz CT molecular complexity index is 896. The van der Waals surface area contributed by atoms with Crippen LogP contribution in [0.15, 0.2) is 23.5 Å². The quantitative estimate of drug-likeness (QED) is 0.764. The van der Waals surface area contributed by atoms with E-state index in [1.54, 1.807) is 18.7 Å². The molecule has 2 fully saturated rings. The Morgan fingerprint density at radius 1 is 0.964 bits per heavy atom. The average Bonchev–Trinajstić information content (AvgIpc) is 3.57. The van der Waals surface area contributed by atoms with Crippen LogP contribution in [0, 0.1) is 5.92 Å². The standard InChI is InChI=1S/C22H29N5O/c28-21-12-20(17-6-7-17)25-15-27(21)13-16-8-10-26(11-9-16)22-18-4-2-1-3-5-19(18)23-14-24-22/h12,14-17H,1-11,13H2. The fraction of sp³-hybridized carbons (Fsp3) is 0.636. The van der Waals surface area contributed by atoms with Crippen molar-refractivity contribution in [1.82, 2.24) is 19.5 Å². The third kappa shape index (κ3) is 3.69. The fourth-order valence-electron chi connectivity index (χ4n) is 4.74. The molecule has 0 amide bonds. The summed E-state index contributed by atoms with van der Waals surface area (Å²) < 4.78 is 1.81. The molecule has 3 heterocycles. The molecule has 28 heavy (non-hydrogen) atoms. The summed E-state index contributed by atoms with van der Waals surface area (Å²) in [5.74, 6) is 2.23. The van der Waals surface area contributed by atoms with E-state index in [2.05, 4.69) is 19.9 Å². The molecule has 2 aromatic heterocycles. The summed E-state index contributed by atoms with van der Waals surface area (Å²) >= 11 is 0. The fourth-order valence-corrected chi connectivity index (χ4v) is 4.74. The minimum Gasteiger partial charge on any atom is -0.356 e. The van der Waals surface area contributed by atoms with Crippen LogP contribution in [0.4, 0.5) is 5.82 Å². The molecule has 0 N–H and O–H groups in total. The van der Waals surface area contributed by atoms with E-state index in [4.69, 9.17) is 0 Å². The lowest BCUT2D eigenvalue weighted by Crippen LogP contribution is -2.37. The molecule has 0 atom stereocenters. The highest BCUT2D eigenvalue weighted by Gasteiger charge is 2.27. The Morgan fingerprint density at radius 3 is 2.57 bits per heavy atom. The number of hydrogen-bond donors (Lipinski definition) is 0. The van der Waals surface area contributed by atoms with E-state index in [0.717, 1.165) is 56.8 Å². The van der Waals surface area contributed by atoms with Crippen LogP contribution in [0.3, 0.4) is 0 Å². The lowest BCUT2D eigenvalue weighted by Gasteiger charge is -2.34. The Morgan fingerprint density at radius 2 is 1.79 bits per heavy atom. The van der Waals surface area contributed by atoms with Crippen LogP contribution < -0.4 is 10.5 Å². The SMILES string of the molecule is O=c1cc(C2CC2)ncn1CC1CCN(c2ncnc3c2CCCCC3)CC1. The number of rotatable bonds is 4. The number of nitrogens with zero attached hydrogens (tertiary/aromatic N) is 5. The van der Waals surface area contributed by atoms with Gasteiger partial charge in [-0.2, -0.15) is 0 Å². The number of fused-ring (bicyclic) bond motifs is 1. The van der Waals surface area contributed by atoms with E-state index in [1.165, 1.54) is 43.4 Å². The second-order valence-corrected chi connectivity index (χ2v) is 8.69. The number of hydrogen-bond acceptors (Lipinski definition) is 5. The molecule has 5 rings (SSSR count). The van der Waals surface area contributed by atoms with Gasteiger partial charge >= 0.3 is 0 Å². The maximum atomic E-state index is 12.4. The van der Waals surface area contributed by atoms with Gasteiger partial charge in [-0.25, -0.2) is 15.0 Å². The van der Waals surface area contributed by atoms with Crippen LogP contribution in [0.25, 0.3) is 0 Å². The van der Waals surface area contributed by atoms with Crippen LogP contribution in [0.5, 0.6) is 0 Å². The highest BCUT2D eigenvalue weighted by atomic mass is 16.1.